The molecule has 1 amide bonds. The molecule has 0 spiro atoms. The van der Waals surface area contributed by atoms with Crippen LogP contribution in [0.25, 0.3) is 0 Å². The number of nitrogens with zero attached hydrogens (tertiary/aromatic N) is 2. The molecule has 1 rings (SSSR count). The van der Waals surface area contributed by atoms with E-state index in [1.54, 1.807) is 18.0 Å². The smallest absolute Gasteiger partial charge is 0.270 e. The van der Waals surface area contributed by atoms with E-state index >= 15 is 0 Å². The largest absolute Gasteiger partial charge is 0.387 e. The molecule has 0 radical (unpaired) electrons. The summed E-state index contributed by atoms with van der Waals surface area (Å²) in [5, 5.41) is 13.7. The molecular formula is C13H19N3O3. The molecule has 0 saturated carbocycles. The third kappa shape index (κ3) is 3.21. The molecule has 6 nitrogen and oxygen atoms in total. The van der Waals surface area contributed by atoms with E-state index in [1.807, 2.05) is 20.8 Å². The Hall–Kier alpha value is -2.11. The Morgan fingerprint density at radius 2 is 2.11 bits per heavy atom. The van der Waals surface area contributed by atoms with Gasteiger partial charge in [-0.25, -0.2) is 0 Å². The zero-order valence-electron chi connectivity index (χ0n) is 11.6. The van der Waals surface area contributed by atoms with Crippen LogP contribution in [-0.4, -0.2) is 35.4 Å². The molecular weight excluding hydrogens is 246 g/mol. The zero-order valence-corrected chi connectivity index (χ0v) is 11.6. The number of anilines is 1. The van der Waals surface area contributed by atoms with Crippen molar-refractivity contribution >= 4 is 17.3 Å². The van der Waals surface area contributed by atoms with Gasteiger partial charge in [-0.3, -0.25) is 14.9 Å². The van der Waals surface area contributed by atoms with Crippen LogP contribution < -0.4 is 5.32 Å². The number of hydrogen-bond donors (Lipinski definition) is 1. The molecule has 104 valence electrons. The Morgan fingerprint density at radius 3 is 2.53 bits per heavy atom. The van der Waals surface area contributed by atoms with Gasteiger partial charge in [0.2, 0.25) is 0 Å². The highest BCUT2D eigenvalue weighted by molar-refractivity contribution is 6.00. The molecule has 1 aromatic carbocycles. The minimum Gasteiger partial charge on any atom is -0.387 e. The van der Waals surface area contributed by atoms with Crippen LogP contribution >= 0.6 is 0 Å². The summed E-state index contributed by atoms with van der Waals surface area (Å²) in [6, 6.07) is 4.30. The van der Waals surface area contributed by atoms with Crippen molar-refractivity contribution in [3.05, 3.63) is 33.9 Å². The minimum atomic E-state index is -0.498. The topological polar surface area (TPSA) is 75.5 Å². The maximum atomic E-state index is 12.4. The van der Waals surface area contributed by atoms with E-state index in [4.69, 9.17) is 0 Å². The summed E-state index contributed by atoms with van der Waals surface area (Å²) in [6.45, 7) is 6.27. The maximum Gasteiger partial charge on any atom is 0.270 e. The van der Waals surface area contributed by atoms with Crippen molar-refractivity contribution < 1.29 is 9.72 Å². The van der Waals surface area contributed by atoms with Crippen LogP contribution in [-0.2, 0) is 0 Å². The number of carbonyl (C=O) groups is 1. The number of nitro benzene ring substituents is 1. The van der Waals surface area contributed by atoms with Crippen molar-refractivity contribution in [2.45, 2.75) is 26.8 Å². The van der Waals surface area contributed by atoms with Crippen LogP contribution in [0, 0.1) is 10.1 Å². The van der Waals surface area contributed by atoms with Gasteiger partial charge < -0.3 is 10.2 Å². The predicted octanol–water partition coefficient (Wildman–Crippen LogP) is 2.51. The second kappa shape index (κ2) is 6.17. The van der Waals surface area contributed by atoms with Crippen molar-refractivity contribution in [3.8, 4) is 0 Å². The molecule has 1 aromatic rings. The third-order valence-electron chi connectivity index (χ3n) is 2.94. The zero-order chi connectivity index (χ0) is 14.6. The highest BCUT2D eigenvalue weighted by Gasteiger charge is 2.22. The first kappa shape index (κ1) is 14.9. The quantitative estimate of drug-likeness (QED) is 0.655. The summed E-state index contributed by atoms with van der Waals surface area (Å²) in [6.07, 6.45) is 0. The fraction of sp³-hybridized carbons (Fsp3) is 0.462. The summed E-state index contributed by atoms with van der Waals surface area (Å²) in [5.41, 5.74) is 0.837. The van der Waals surface area contributed by atoms with Crippen molar-refractivity contribution in [2.75, 3.05) is 18.9 Å². The summed E-state index contributed by atoms with van der Waals surface area (Å²) in [4.78, 5) is 24.4. The first-order valence-electron chi connectivity index (χ1n) is 6.19. The van der Waals surface area contributed by atoms with Crippen molar-refractivity contribution in [2.24, 2.45) is 0 Å². The number of hydrogen-bond acceptors (Lipinski definition) is 4. The van der Waals surface area contributed by atoms with Gasteiger partial charge in [0.15, 0.2) is 0 Å². The Balaban J connectivity index is 3.26. The number of non-ortho nitro benzene ring substituents is 1. The van der Waals surface area contributed by atoms with Gasteiger partial charge in [0.1, 0.15) is 0 Å². The van der Waals surface area contributed by atoms with E-state index in [9.17, 15) is 14.9 Å². The second-order valence-corrected chi connectivity index (χ2v) is 4.42. The standard InChI is InChI=1S/C13H19N3O3/c1-5-15(9(2)3)13(17)11-8-10(16(18)19)6-7-12(11)14-4/h6-9,14H,5H2,1-4H3. The first-order chi connectivity index (χ1) is 8.92. The lowest BCUT2D eigenvalue weighted by molar-refractivity contribution is -0.384. The van der Waals surface area contributed by atoms with E-state index < -0.39 is 4.92 Å². The number of benzene rings is 1. The number of nitro groups is 1. The molecule has 1 N–H and O–H groups in total. The van der Waals surface area contributed by atoms with E-state index in [0.717, 1.165) is 0 Å². The van der Waals surface area contributed by atoms with Crippen molar-refractivity contribution in [3.63, 3.8) is 0 Å². The highest BCUT2D eigenvalue weighted by Crippen LogP contribution is 2.23. The summed E-state index contributed by atoms with van der Waals surface area (Å²) < 4.78 is 0. The van der Waals surface area contributed by atoms with Gasteiger partial charge in [-0.05, 0) is 26.8 Å². The molecule has 0 aliphatic rings. The van der Waals surface area contributed by atoms with Gasteiger partial charge in [0.05, 0.1) is 10.5 Å². The first-order valence-corrected chi connectivity index (χ1v) is 6.19. The van der Waals surface area contributed by atoms with Gasteiger partial charge in [-0.1, -0.05) is 0 Å². The fourth-order valence-electron chi connectivity index (χ4n) is 1.94. The Kier molecular flexibility index (Phi) is 4.86. The van der Waals surface area contributed by atoms with Crippen molar-refractivity contribution in [1.82, 2.24) is 4.90 Å². The maximum absolute atomic E-state index is 12.4. The van der Waals surface area contributed by atoms with E-state index in [0.29, 0.717) is 17.8 Å². The molecule has 0 saturated heterocycles. The van der Waals surface area contributed by atoms with Crippen LogP contribution in [0.1, 0.15) is 31.1 Å². The normalized spacial score (nSPS) is 10.4. The number of rotatable bonds is 5. The number of amides is 1. The fourth-order valence-corrected chi connectivity index (χ4v) is 1.94. The van der Waals surface area contributed by atoms with E-state index in [2.05, 4.69) is 5.32 Å². The van der Waals surface area contributed by atoms with Crippen molar-refractivity contribution in [1.29, 1.82) is 0 Å². The molecule has 0 aliphatic heterocycles. The lowest BCUT2D eigenvalue weighted by Gasteiger charge is -2.26. The Labute approximate surface area is 112 Å². The summed E-state index contributed by atoms with van der Waals surface area (Å²) >= 11 is 0. The second-order valence-electron chi connectivity index (χ2n) is 4.42. The molecule has 0 unspecified atom stereocenters. The van der Waals surface area contributed by atoms with Gasteiger partial charge in [0, 0.05) is 37.5 Å². The van der Waals surface area contributed by atoms with Gasteiger partial charge in [-0.2, -0.15) is 0 Å². The van der Waals surface area contributed by atoms with Gasteiger partial charge >= 0.3 is 0 Å². The molecule has 0 atom stereocenters. The van der Waals surface area contributed by atoms with E-state index in [-0.39, 0.29) is 17.6 Å². The monoisotopic (exact) mass is 265 g/mol. The minimum absolute atomic E-state index is 0.0430. The van der Waals surface area contributed by atoms with Crippen LogP contribution in [0.2, 0.25) is 0 Å². The predicted molar refractivity (Wildman–Crippen MR) is 74.5 cm³/mol. The summed E-state index contributed by atoms with van der Waals surface area (Å²) in [7, 11) is 1.68. The average molecular weight is 265 g/mol. The van der Waals surface area contributed by atoms with Crippen LogP contribution in [0.5, 0.6) is 0 Å². The third-order valence-corrected chi connectivity index (χ3v) is 2.94. The summed E-state index contributed by atoms with van der Waals surface area (Å²) in [5.74, 6) is -0.203. The molecule has 0 aliphatic carbocycles. The highest BCUT2D eigenvalue weighted by atomic mass is 16.6. The number of carbonyl (C=O) groups excluding carboxylic acids is 1. The number of nitrogens with one attached hydrogen (secondary N) is 1. The molecule has 0 heterocycles. The Bertz CT molecular complexity index is 486. The molecule has 6 heteroatoms. The molecule has 19 heavy (non-hydrogen) atoms. The van der Waals surface area contributed by atoms with Crippen LogP contribution in [0.3, 0.4) is 0 Å². The lowest BCUT2D eigenvalue weighted by Crippen LogP contribution is -2.37. The lowest BCUT2D eigenvalue weighted by atomic mass is 10.1. The SMILES string of the molecule is CCN(C(=O)c1cc([N+](=O)[O-])ccc1NC)C(C)C. The Morgan fingerprint density at radius 1 is 1.47 bits per heavy atom. The molecule has 0 bridgehead atoms. The molecule has 0 fully saturated rings. The van der Waals surface area contributed by atoms with Gasteiger partial charge in [0.25, 0.3) is 11.6 Å². The van der Waals surface area contributed by atoms with Crippen LogP contribution in [0.4, 0.5) is 11.4 Å². The van der Waals surface area contributed by atoms with E-state index in [1.165, 1.54) is 12.1 Å². The molecule has 0 aromatic heterocycles. The average Bonchev–Trinajstić information content (AvgIpc) is 2.38. The van der Waals surface area contributed by atoms with Crippen LogP contribution in [0.15, 0.2) is 18.2 Å². The van der Waals surface area contributed by atoms with Gasteiger partial charge in [-0.15, -0.1) is 0 Å².